The molecule has 1 N–H and O–H groups in total. The lowest BCUT2D eigenvalue weighted by Gasteiger charge is -2.15. The van der Waals surface area contributed by atoms with Gasteiger partial charge in [0.25, 0.3) is 5.91 Å². The van der Waals surface area contributed by atoms with Crippen LogP contribution in [0.4, 0.5) is 5.13 Å². The number of thiazole rings is 1. The number of carbonyl (C=O) groups is 1. The molecule has 8 nitrogen and oxygen atoms in total. The summed E-state index contributed by atoms with van der Waals surface area (Å²) in [7, 11) is -1.64. The molecular formula is C19H27N2O6PS. The Morgan fingerprint density at radius 1 is 1.28 bits per heavy atom. The van der Waals surface area contributed by atoms with Gasteiger partial charge < -0.3 is 18.5 Å². The second kappa shape index (κ2) is 11.4. The van der Waals surface area contributed by atoms with E-state index in [0.717, 1.165) is 0 Å². The number of benzene rings is 1. The van der Waals surface area contributed by atoms with E-state index < -0.39 is 7.60 Å². The lowest BCUT2D eigenvalue weighted by Crippen LogP contribution is -2.18. The van der Waals surface area contributed by atoms with E-state index in [1.807, 2.05) is 6.92 Å². The summed E-state index contributed by atoms with van der Waals surface area (Å²) >= 11 is 1.25. The van der Waals surface area contributed by atoms with Crippen LogP contribution in [-0.2, 0) is 24.5 Å². The summed E-state index contributed by atoms with van der Waals surface area (Å²) in [5, 5.41) is 4.89. The summed E-state index contributed by atoms with van der Waals surface area (Å²) in [5.41, 5.74) is 0.985. The topological polar surface area (TPSA) is 96.0 Å². The van der Waals surface area contributed by atoms with E-state index >= 15 is 0 Å². The van der Waals surface area contributed by atoms with E-state index in [-0.39, 0.29) is 31.4 Å². The van der Waals surface area contributed by atoms with Crippen molar-refractivity contribution in [3.8, 4) is 5.75 Å². The van der Waals surface area contributed by atoms with Gasteiger partial charge in [0.2, 0.25) is 0 Å². The summed E-state index contributed by atoms with van der Waals surface area (Å²) in [6.45, 7) is 6.42. The van der Waals surface area contributed by atoms with Crippen molar-refractivity contribution >= 4 is 30.0 Å². The van der Waals surface area contributed by atoms with Crippen molar-refractivity contribution in [2.24, 2.45) is 0 Å². The predicted octanol–water partition coefficient (Wildman–Crippen LogP) is 4.58. The first kappa shape index (κ1) is 23.5. The minimum Gasteiger partial charge on any atom is -0.488 e. The van der Waals surface area contributed by atoms with E-state index in [9.17, 15) is 9.36 Å². The summed E-state index contributed by atoms with van der Waals surface area (Å²) in [6, 6.07) is 6.88. The number of aromatic nitrogens is 1. The van der Waals surface area contributed by atoms with Crippen molar-refractivity contribution in [3.63, 3.8) is 0 Å². The molecule has 0 bridgehead atoms. The Balaban J connectivity index is 2.02. The second-order valence-electron chi connectivity index (χ2n) is 6.11. The average Bonchev–Trinajstić information content (AvgIpc) is 3.08. The molecule has 1 heterocycles. The van der Waals surface area contributed by atoms with Crippen LogP contribution in [0.25, 0.3) is 0 Å². The lowest BCUT2D eigenvalue weighted by molar-refractivity contribution is 0.0917. The van der Waals surface area contributed by atoms with Gasteiger partial charge in [-0.1, -0.05) is 6.07 Å². The third-order valence-electron chi connectivity index (χ3n) is 3.61. The monoisotopic (exact) mass is 442 g/mol. The maximum absolute atomic E-state index is 12.6. The minimum atomic E-state index is -3.24. The normalized spacial score (nSPS) is 12.6. The summed E-state index contributed by atoms with van der Waals surface area (Å²) in [4.78, 5) is 16.9. The maximum Gasteiger partial charge on any atom is 0.336 e. The van der Waals surface area contributed by atoms with E-state index in [1.165, 1.54) is 11.3 Å². The van der Waals surface area contributed by atoms with Crippen LogP contribution >= 0.6 is 18.9 Å². The van der Waals surface area contributed by atoms with Gasteiger partial charge in [0.05, 0.1) is 31.7 Å². The van der Waals surface area contributed by atoms with Gasteiger partial charge in [-0.15, -0.1) is 11.3 Å². The summed E-state index contributed by atoms with van der Waals surface area (Å²) in [6.07, 6.45) is -0.0758. The SMILES string of the molecule is CCOP(=O)(Cc1csc(NC(=O)c2cccc(O[C@@H](C)COC)c2)n1)OCC. The van der Waals surface area contributed by atoms with Gasteiger partial charge in [-0.05, 0) is 39.0 Å². The number of hydrogen-bond acceptors (Lipinski definition) is 8. The molecule has 1 atom stereocenters. The molecule has 160 valence electrons. The molecule has 0 spiro atoms. The zero-order valence-corrected chi connectivity index (χ0v) is 18.8. The molecule has 0 unspecified atom stereocenters. The highest BCUT2D eigenvalue weighted by Gasteiger charge is 2.25. The molecule has 0 aliphatic rings. The Morgan fingerprint density at radius 3 is 2.66 bits per heavy atom. The maximum atomic E-state index is 12.6. The van der Waals surface area contributed by atoms with Crippen LogP contribution in [0.3, 0.4) is 0 Å². The molecule has 1 amide bonds. The highest BCUT2D eigenvalue weighted by atomic mass is 32.1. The molecule has 1 aromatic carbocycles. The van der Waals surface area contributed by atoms with Crippen LogP contribution < -0.4 is 10.1 Å². The van der Waals surface area contributed by atoms with Gasteiger partial charge in [-0.2, -0.15) is 0 Å². The molecule has 0 fully saturated rings. The predicted molar refractivity (Wildman–Crippen MR) is 113 cm³/mol. The van der Waals surface area contributed by atoms with Crippen molar-refractivity contribution in [2.75, 3.05) is 32.2 Å². The molecule has 0 aliphatic carbocycles. The highest BCUT2D eigenvalue weighted by Crippen LogP contribution is 2.51. The number of nitrogens with zero attached hydrogens (tertiary/aromatic N) is 1. The molecule has 2 aromatic rings. The van der Waals surface area contributed by atoms with Crippen LogP contribution in [0.1, 0.15) is 36.8 Å². The molecule has 0 saturated carbocycles. The molecule has 0 aliphatic heterocycles. The largest absolute Gasteiger partial charge is 0.488 e. The second-order valence-corrected chi connectivity index (χ2v) is 9.03. The Morgan fingerprint density at radius 2 is 2.00 bits per heavy atom. The standard InChI is InChI=1S/C19H27N2O6PS/c1-5-25-28(23,26-6-2)12-16-13-29-19(20-16)21-18(22)15-8-7-9-17(10-15)27-14(3)11-24-4/h7-10,13-14H,5-6,11-12H2,1-4H3,(H,20,21,22)/t14-/m0/s1. The van der Waals surface area contributed by atoms with Crippen LogP contribution in [0.15, 0.2) is 29.6 Å². The van der Waals surface area contributed by atoms with Crippen LogP contribution in [-0.4, -0.2) is 43.9 Å². The first-order valence-electron chi connectivity index (χ1n) is 9.28. The quantitative estimate of drug-likeness (QED) is 0.481. The van der Waals surface area contributed by atoms with Gasteiger partial charge in [0.15, 0.2) is 5.13 Å². The van der Waals surface area contributed by atoms with Crippen molar-refractivity contribution in [1.29, 1.82) is 0 Å². The summed E-state index contributed by atoms with van der Waals surface area (Å²) < 4.78 is 34.0. The Kier molecular flexibility index (Phi) is 9.26. The molecule has 2 rings (SSSR count). The van der Waals surface area contributed by atoms with E-state index in [0.29, 0.717) is 28.7 Å². The van der Waals surface area contributed by atoms with Gasteiger partial charge in [0, 0.05) is 18.1 Å². The molecule has 29 heavy (non-hydrogen) atoms. The number of carbonyl (C=O) groups excluding carboxylic acids is 1. The number of anilines is 1. The average molecular weight is 442 g/mol. The third kappa shape index (κ3) is 7.53. The summed E-state index contributed by atoms with van der Waals surface area (Å²) in [5.74, 6) is 0.268. The fourth-order valence-electron chi connectivity index (χ4n) is 2.54. The number of hydrogen-bond donors (Lipinski definition) is 1. The van der Waals surface area contributed by atoms with Crippen molar-refractivity contribution in [3.05, 3.63) is 40.9 Å². The van der Waals surface area contributed by atoms with Gasteiger partial charge in [-0.25, -0.2) is 4.98 Å². The Bertz CT molecular complexity index is 834. The molecular weight excluding hydrogens is 415 g/mol. The van der Waals surface area contributed by atoms with E-state index in [4.69, 9.17) is 18.5 Å². The number of ether oxygens (including phenoxy) is 2. The van der Waals surface area contributed by atoms with Crippen molar-refractivity contribution < 1.29 is 27.9 Å². The Labute approximate surface area is 175 Å². The zero-order chi connectivity index (χ0) is 21.3. The van der Waals surface area contributed by atoms with Gasteiger partial charge >= 0.3 is 7.60 Å². The number of nitrogens with one attached hydrogen (secondary N) is 1. The van der Waals surface area contributed by atoms with Crippen LogP contribution in [0.2, 0.25) is 0 Å². The zero-order valence-electron chi connectivity index (χ0n) is 17.0. The molecule has 10 heteroatoms. The van der Waals surface area contributed by atoms with Crippen molar-refractivity contribution in [1.82, 2.24) is 4.98 Å². The number of rotatable bonds is 12. The van der Waals surface area contributed by atoms with E-state index in [2.05, 4.69) is 10.3 Å². The van der Waals surface area contributed by atoms with Gasteiger partial charge in [0.1, 0.15) is 11.9 Å². The lowest BCUT2D eigenvalue weighted by atomic mass is 10.2. The molecule has 0 radical (unpaired) electrons. The highest BCUT2D eigenvalue weighted by molar-refractivity contribution is 7.53. The number of methoxy groups -OCH3 is 1. The van der Waals surface area contributed by atoms with E-state index in [1.54, 1.807) is 50.6 Å². The third-order valence-corrected chi connectivity index (χ3v) is 6.44. The van der Waals surface area contributed by atoms with Gasteiger partial charge in [-0.3, -0.25) is 14.7 Å². The smallest absolute Gasteiger partial charge is 0.336 e. The first-order chi connectivity index (χ1) is 13.9. The number of amides is 1. The molecule has 1 aromatic heterocycles. The van der Waals surface area contributed by atoms with Crippen LogP contribution in [0.5, 0.6) is 5.75 Å². The minimum absolute atomic E-state index is 0.0573. The first-order valence-corrected chi connectivity index (χ1v) is 11.9. The molecule has 0 saturated heterocycles. The van der Waals surface area contributed by atoms with Crippen LogP contribution in [0, 0.1) is 0 Å². The fourth-order valence-corrected chi connectivity index (χ4v) is 4.97. The Hall–Kier alpha value is -1.77. The van der Waals surface area contributed by atoms with Crippen molar-refractivity contribution in [2.45, 2.75) is 33.0 Å². The fraction of sp³-hybridized carbons (Fsp3) is 0.474.